The molecule has 0 radical (unpaired) electrons. The topological polar surface area (TPSA) is 95.9 Å². The number of ketones is 1. The molecule has 0 saturated carbocycles. The number of carbonyl (C=O) groups excluding carboxylic acids is 2. The summed E-state index contributed by atoms with van der Waals surface area (Å²) >= 11 is 0. The lowest BCUT2D eigenvalue weighted by Gasteiger charge is -2.21. The van der Waals surface area contributed by atoms with Crippen LogP contribution >= 0.6 is 0 Å². The lowest BCUT2D eigenvalue weighted by molar-refractivity contribution is 0.0182. The minimum atomic E-state index is -1.23. The van der Waals surface area contributed by atoms with E-state index in [9.17, 15) is 19.8 Å². The maximum Gasteiger partial charge on any atom is 0.407 e. The molecule has 0 spiro atoms. The summed E-state index contributed by atoms with van der Waals surface area (Å²) in [6.07, 6.45) is -3.10. The largest absolute Gasteiger partial charge is 0.449 e. The number of amides is 1. The van der Waals surface area contributed by atoms with Crippen LogP contribution in [0.5, 0.6) is 0 Å². The number of aliphatic hydroxyl groups excluding tert-OH is 2. The van der Waals surface area contributed by atoms with E-state index in [0.717, 1.165) is 22.3 Å². The Labute approximate surface area is 192 Å². The van der Waals surface area contributed by atoms with E-state index < -0.39 is 18.3 Å². The number of aliphatic hydroxyl groups is 2. The van der Waals surface area contributed by atoms with Gasteiger partial charge in [-0.3, -0.25) is 4.79 Å². The quantitative estimate of drug-likeness (QED) is 0.475. The lowest BCUT2D eigenvalue weighted by atomic mass is 9.96. The van der Waals surface area contributed by atoms with Crippen molar-refractivity contribution in [3.63, 3.8) is 0 Å². The van der Waals surface area contributed by atoms with Gasteiger partial charge in [-0.05, 0) is 53.3 Å². The predicted molar refractivity (Wildman–Crippen MR) is 125 cm³/mol. The molecule has 4 rings (SSSR count). The minimum Gasteiger partial charge on any atom is -0.449 e. The highest BCUT2D eigenvalue weighted by Crippen LogP contribution is 2.44. The molecule has 0 fully saturated rings. The molecule has 2 unspecified atom stereocenters. The van der Waals surface area contributed by atoms with Crippen LogP contribution in [-0.2, 0) is 4.74 Å². The van der Waals surface area contributed by atoms with Crippen molar-refractivity contribution in [1.82, 2.24) is 5.32 Å². The van der Waals surface area contributed by atoms with Crippen molar-refractivity contribution < 1.29 is 24.5 Å². The van der Waals surface area contributed by atoms with E-state index in [1.165, 1.54) is 6.92 Å². The number of aryl methyl sites for hydroxylation is 1. The number of hydrogen-bond donors (Lipinski definition) is 3. The van der Waals surface area contributed by atoms with Crippen molar-refractivity contribution in [3.8, 4) is 11.1 Å². The number of hydrogen-bond acceptors (Lipinski definition) is 5. The lowest BCUT2D eigenvalue weighted by Crippen LogP contribution is -2.36. The molecular formula is C27H27NO5. The summed E-state index contributed by atoms with van der Waals surface area (Å²) < 4.78 is 5.46. The molecule has 0 aromatic heterocycles. The highest BCUT2D eigenvalue weighted by Gasteiger charge is 2.29. The maximum absolute atomic E-state index is 12.3. The summed E-state index contributed by atoms with van der Waals surface area (Å²) in [6, 6.07) is 21.1. The fourth-order valence-electron chi connectivity index (χ4n) is 4.38. The van der Waals surface area contributed by atoms with Gasteiger partial charge in [0, 0.05) is 18.0 Å². The Kier molecular flexibility index (Phi) is 6.58. The molecule has 170 valence electrons. The van der Waals surface area contributed by atoms with Gasteiger partial charge in [0.05, 0.1) is 0 Å². The highest BCUT2D eigenvalue weighted by molar-refractivity contribution is 5.94. The molecule has 1 aliphatic rings. The number of Topliss-reactive ketones (excluding diaryl/α,β-unsaturated/α-hetero) is 1. The Morgan fingerprint density at radius 1 is 0.970 bits per heavy atom. The minimum absolute atomic E-state index is 0.0545. The molecule has 6 heteroatoms. The summed E-state index contributed by atoms with van der Waals surface area (Å²) in [5.74, 6) is -0.127. The molecule has 0 heterocycles. The molecule has 0 bridgehead atoms. The third-order valence-electron chi connectivity index (χ3n) is 6.16. The van der Waals surface area contributed by atoms with Gasteiger partial charge >= 0.3 is 6.09 Å². The second-order valence-electron chi connectivity index (χ2n) is 8.35. The number of carbonyl (C=O) groups is 2. The molecule has 33 heavy (non-hydrogen) atoms. The van der Waals surface area contributed by atoms with Crippen LogP contribution in [0.15, 0.2) is 66.7 Å². The van der Waals surface area contributed by atoms with Gasteiger partial charge in [0.15, 0.2) is 5.78 Å². The number of rotatable bonds is 7. The summed E-state index contributed by atoms with van der Waals surface area (Å²) in [5.41, 5.74) is 6.25. The Bertz CT molecular complexity index is 1140. The SMILES string of the molecule is CC(=O)c1ccc(C(O)C(O)CNC(=O)OCC2c3ccccc3-c3ccccc32)c(C)c1. The third kappa shape index (κ3) is 4.67. The second kappa shape index (κ2) is 9.57. The van der Waals surface area contributed by atoms with Gasteiger partial charge in [-0.1, -0.05) is 60.7 Å². The van der Waals surface area contributed by atoms with Crippen LogP contribution in [-0.4, -0.2) is 41.3 Å². The van der Waals surface area contributed by atoms with Crippen LogP contribution in [0.1, 0.15) is 51.6 Å². The van der Waals surface area contributed by atoms with Crippen molar-refractivity contribution in [2.24, 2.45) is 0 Å². The number of nitrogens with one attached hydrogen (secondary N) is 1. The van der Waals surface area contributed by atoms with Crippen molar-refractivity contribution in [1.29, 1.82) is 0 Å². The summed E-state index contributed by atoms with van der Waals surface area (Å²) in [7, 11) is 0. The average molecular weight is 446 g/mol. The Hall–Kier alpha value is -3.48. The van der Waals surface area contributed by atoms with Crippen LogP contribution < -0.4 is 5.32 Å². The van der Waals surface area contributed by atoms with Crippen molar-refractivity contribution >= 4 is 11.9 Å². The molecule has 0 saturated heterocycles. The number of ether oxygens (including phenoxy) is 1. The van der Waals surface area contributed by atoms with Gasteiger partial charge < -0.3 is 20.3 Å². The van der Waals surface area contributed by atoms with E-state index in [4.69, 9.17) is 4.74 Å². The molecule has 1 amide bonds. The summed E-state index contributed by atoms with van der Waals surface area (Å²) in [5, 5.41) is 23.4. The zero-order chi connectivity index (χ0) is 23.5. The van der Waals surface area contributed by atoms with Gasteiger partial charge in [-0.15, -0.1) is 0 Å². The van der Waals surface area contributed by atoms with Crippen LogP contribution in [0.25, 0.3) is 11.1 Å². The first-order chi connectivity index (χ1) is 15.9. The van der Waals surface area contributed by atoms with Gasteiger partial charge in [0.2, 0.25) is 0 Å². The van der Waals surface area contributed by atoms with Gasteiger partial charge in [-0.25, -0.2) is 4.79 Å². The van der Waals surface area contributed by atoms with Gasteiger partial charge in [-0.2, -0.15) is 0 Å². The predicted octanol–water partition coefficient (Wildman–Crippen LogP) is 4.13. The maximum atomic E-state index is 12.3. The van der Waals surface area contributed by atoms with Gasteiger partial charge in [0.25, 0.3) is 0 Å². The molecule has 3 aromatic carbocycles. The standard InChI is InChI=1S/C27H27NO5/c1-16-13-18(17(2)29)11-12-19(16)26(31)25(30)14-28-27(32)33-15-24-22-9-5-3-7-20(22)21-8-4-6-10-23(21)24/h3-13,24-26,30-31H,14-15H2,1-2H3,(H,28,32). The number of alkyl carbamates (subject to hydrolysis) is 1. The fourth-order valence-corrected chi connectivity index (χ4v) is 4.38. The van der Waals surface area contributed by atoms with Gasteiger partial charge in [0.1, 0.15) is 18.8 Å². The summed E-state index contributed by atoms with van der Waals surface area (Å²) in [6.45, 7) is 3.23. The Balaban J connectivity index is 1.34. The monoisotopic (exact) mass is 445 g/mol. The first-order valence-corrected chi connectivity index (χ1v) is 10.9. The van der Waals surface area contributed by atoms with E-state index in [1.54, 1.807) is 25.1 Å². The highest BCUT2D eigenvalue weighted by atomic mass is 16.5. The van der Waals surface area contributed by atoms with Crippen molar-refractivity contribution in [2.75, 3.05) is 13.2 Å². The molecular weight excluding hydrogens is 418 g/mol. The van der Waals surface area contributed by atoms with E-state index in [-0.39, 0.29) is 24.9 Å². The van der Waals surface area contributed by atoms with E-state index >= 15 is 0 Å². The molecule has 0 aliphatic heterocycles. The van der Waals surface area contributed by atoms with E-state index in [1.807, 2.05) is 36.4 Å². The Morgan fingerprint density at radius 3 is 2.15 bits per heavy atom. The average Bonchev–Trinajstić information content (AvgIpc) is 3.14. The van der Waals surface area contributed by atoms with Crippen molar-refractivity contribution in [3.05, 3.63) is 94.5 Å². The first-order valence-electron chi connectivity index (χ1n) is 10.9. The number of benzene rings is 3. The normalized spacial score (nSPS) is 14.2. The zero-order valence-corrected chi connectivity index (χ0v) is 18.6. The Morgan fingerprint density at radius 2 is 1.58 bits per heavy atom. The molecule has 6 nitrogen and oxygen atoms in total. The van der Waals surface area contributed by atoms with Crippen LogP contribution in [0.2, 0.25) is 0 Å². The third-order valence-corrected chi connectivity index (χ3v) is 6.16. The van der Waals surface area contributed by atoms with Crippen molar-refractivity contribution in [2.45, 2.75) is 32.0 Å². The first kappa shape index (κ1) is 22.7. The van der Waals surface area contributed by atoms with E-state index in [2.05, 4.69) is 17.4 Å². The van der Waals surface area contributed by atoms with E-state index in [0.29, 0.717) is 16.7 Å². The smallest absolute Gasteiger partial charge is 0.407 e. The second-order valence-corrected chi connectivity index (χ2v) is 8.35. The summed E-state index contributed by atoms with van der Waals surface area (Å²) in [4.78, 5) is 23.8. The molecule has 1 aliphatic carbocycles. The van der Waals surface area contributed by atoms with Crippen LogP contribution in [0.4, 0.5) is 4.79 Å². The van der Waals surface area contributed by atoms with Crippen LogP contribution in [0.3, 0.4) is 0 Å². The molecule has 3 aromatic rings. The molecule has 3 N–H and O–H groups in total. The van der Waals surface area contributed by atoms with Crippen LogP contribution in [0, 0.1) is 6.92 Å². The number of fused-ring (bicyclic) bond motifs is 3. The zero-order valence-electron chi connectivity index (χ0n) is 18.6. The fraction of sp³-hybridized carbons (Fsp3) is 0.259. The molecule has 2 atom stereocenters.